The third kappa shape index (κ3) is 4.83. The molecule has 1 N–H and O–H groups in total. The molecule has 0 bridgehead atoms. The number of anilines is 1. The Hall–Kier alpha value is -3.20. The quantitative estimate of drug-likeness (QED) is 0.364. The van der Waals surface area contributed by atoms with Crippen LogP contribution in [0.5, 0.6) is 0 Å². The van der Waals surface area contributed by atoms with Gasteiger partial charge in [0.1, 0.15) is 5.69 Å². The summed E-state index contributed by atoms with van der Waals surface area (Å²) in [6.07, 6.45) is 0.241. The number of pyridine rings is 1. The van der Waals surface area contributed by atoms with Crippen molar-refractivity contribution in [3.63, 3.8) is 0 Å². The average Bonchev–Trinajstić information content (AvgIpc) is 3.46. The van der Waals surface area contributed by atoms with Crippen molar-refractivity contribution >= 4 is 52.2 Å². The highest BCUT2D eigenvalue weighted by atomic mass is 35.5. The van der Waals surface area contributed by atoms with Crippen LogP contribution in [0.4, 0.5) is 5.82 Å². The van der Waals surface area contributed by atoms with Crippen LogP contribution in [0.15, 0.2) is 66.2 Å². The molecule has 0 aliphatic heterocycles. The fourth-order valence-electron chi connectivity index (χ4n) is 2.84. The summed E-state index contributed by atoms with van der Waals surface area (Å²) in [5.41, 5.74) is 1.52. The number of ether oxygens (including phenoxy) is 1. The summed E-state index contributed by atoms with van der Waals surface area (Å²) in [6, 6.07) is 16.1. The maximum atomic E-state index is 13.0. The number of carbonyl (C=O) groups is 2. The molecular formula is C22H16Cl2N4O3S. The predicted molar refractivity (Wildman–Crippen MR) is 125 cm³/mol. The highest BCUT2D eigenvalue weighted by molar-refractivity contribution is 7.13. The summed E-state index contributed by atoms with van der Waals surface area (Å²) in [6.45, 7) is 1.46. The van der Waals surface area contributed by atoms with Gasteiger partial charge in [-0.05, 0) is 36.6 Å². The molecule has 7 nitrogen and oxygen atoms in total. The monoisotopic (exact) mass is 486 g/mol. The smallest absolute Gasteiger partial charge is 0.357 e. The van der Waals surface area contributed by atoms with E-state index in [2.05, 4.69) is 15.4 Å². The van der Waals surface area contributed by atoms with Crippen molar-refractivity contribution in [2.75, 3.05) is 5.32 Å². The number of hydrogen-bond donors (Lipinski definition) is 1. The van der Waals surface area contributed by atoms with E-state index in [1.54, 1.807) is 6.07 Å². The van der Waals surface area contributed by atoms with Crippen LogP contribution >= 0.6 is 34.5 Å². The molecule has 1 aromatic carbocycles. The first kappa shape index (κ1) is 22.0. The molecule has 3 heterocycles. The third-order valence-corrected chi connectivity index (χ3v) is 5.78. The van der Waals surface area contributed by atoms with Gasteiger partial charge in [0.2, 0.25) is 0 Å². The number of rotatable bonds is 6. The van der Waals surface area contributed by atoms with Crippen molar-refractivity contribution < 1.29 is 14.3 Å². The lowest BCUT2D eigenvalue weighted by Crippen LogP contribution is -2.31. The Labute approximate surface area is 197 Å². The Morgan fingerprint density at radius 1 is 1.12 bits per heavy atom. The predicted octanol–water partition coefficient (Wildman–Crippen LogP) is 5.49. The first-order valence-corrected chi connectivity index (χ1v) is 11.1. The normalized spacial score (nSPS) is 11.7. The first-order chi connectivity index (χ1) is 15.4. The minimum atomic E-state index is -1.11. The summed E-state index contributed by atoms with van der Waals surface area (Å²) in [5, 5.41) is 9.54. The van der Waals surface area contributed by atoms with Crippen LogP contribution in [-0.4, -0.2) is 32.7 Å². The minimum absolute atomic E-state index is 0.123. The topological polar surface area (TPSA) is 86.1 Å². The van der Waals surface area contributed by atoms with Gasteiger partial charge in [-0.3, -0.25) is 4.79 Å². The number of amides is 1. The summed E-state index contributed by atoms with van der Waals surface area (Å²) in [7, 11) is 0. The maximum Gasteiger partial charge on any atom is 0.357 e. The van der Waals surface area contributed by atoms with E-state index in [4.69, 9.17) is 27.9 Å². The van der Waals surface area contributed by atoms with Gasteiger partial charge in [-0.15, -0.1) is 11.3 Å². The fraction of sp³-hybridized carbons (Fsp3) is 0.0909. The second-order valence-corrected chi connectivity index (χ2v) is 8.45. The molecule has 1 amide bonds. The summed E-state index contributed by atoms with van der Waals surface area (Å²) >= 11 is 13.4. The number of benzene rings is 1. The number of hydrogen-bond acceptors (Lipinski definition) is 6. The molecule has 162 valence electrons. The van der Waals surface area contributed by atoms with Gasteiger partial charge in [0.15, 0.2) is 17.6 Å². The molecule has 1 unspecified atom stereocenters. The lowest BCUT2D eigenvalue weighted by molar-refractivity contribution is -0.123. The highest BCUT2D eigenvalue weighted by Crippen LogP contribution is 2.27. The Morgan fingerprint density at radius 3 is 2.59 bits per heavy atom. The van der Waals surface area contributed by atoms with Gasteiger partial charge in [0.25, 0.3) is 5.91 Å². The van der Waals surface area contributed by atoms with Crippen molar-refractivity contribution in [1.82, 2.24) is 14.8 Å². The molecule has 1 atom stereocenters. The number of para-hydroxylation sites is 1. The van der Waals surface area contributed by atoms with Crippen molar-refractivity contribution in [2.45, 2.75) is 13.0 Å². The van der Waals surface area contributed by atoms with Gasteiger partial charge in [-0.1, -0.05) is 47.5 Å². The van der Waals surface area contributed by atoms with Crippen LogP contribution < -0.4 is 5.32 Å². The van der Waals surface area contributed by atoms with Crippen LogP contribution in [0.1, 0.15) is 17.4 Å². The number of thiophene rings is 1. The van der Waals surface area contributed by atoms with Gasteiger partial charge in [-0.25, -0.2) is 14.5 Å². The Bertz CT molecular complexity index is 1260. The zero-order valence-electron chi connectivity index (χ0n) is 16.7. The standard InChI is InChI=1S/C22H16Cl2N4O3S/c1-13(21(29)26-20-16(24)10-14(23)12-25-20)31-22(30)18-11-17(19-8-5-9-32-19)27-28(18)15-6-3-2-4-7-15/h2-13H,1H3,(H,25,26,29). The highest BCUT2D eigenvalue weighted by Gasteiger charge is 2.24. The molecule has 0 saturated carbocycles. The van der Waals surface area contributed by atoms with Crippen LogP contribution in [0.25, 0.3) is 16.3 Å². The SMILES string of the molecule is CC(OC(=O)c1cc(-c2cccs2)nn1-c1ccccc1)C(=O)Nc1ncc(Cl)cc1Cl. The number of nitrogens with one attached hydrogen (secondary N) is 1. The van der Waals surface area contributed by atoms with Gasteiger partial charge in [0, 0.05) is 12.3 Å². The van der Waals surface area contributed by atoms with E-state index in [1.165, 1.54) is 35.2 Å². The van der Waals surface area contributed by atoms with Crippen molar-refractivity contribution in [1.29, 1.82) is 0 Å². The van der Waals surface area contributed by atoms with Gasteiger partial charge < -0.3 is 10.1 Å². The largest absolute Gasteiger partial charge is 0.448 e. The summed E-state index contributed by atoms with van der Waals surface area (Å²) in [5.74, 6) is -1.15. The lowest BCUT2D eigenvalue weighted by Gasteiger charge is -2.14. The molecule has 10 heteroatoms. The fourth-order valence-corrected chi connectivity index (χ4v) is 3.95. The molecule has 0 aliphatic carbocycles. The van der Waals surface area contributed by atoms with Crippen LogP contribution in [0.3, 0.4) is 0 Å². The number of aromatic nitrogens is 3. The van der Waals surface area contributed by atoms with Gasteiger partial charge >= 0.3 is 5.97 Å². The Morgan fingerprint density at radius 2 is 1.91 bits per heavy atom. The molecule has 0 saturated heterocycles. The summed E-state index contributed by atoms with van der Waals surface area (Å²) < 4.78 is 6.92. The minimum Gasteiger partial charge on any atom is -0.448 e. The molecule has 3 aromatic heterocycles. The van der Waals surface area contributed by atoms with E-state index in [-0.39, 0.29) is 16.5 Å². The maximum absolute atomic E-state index is 13.0. The van der Waals surface area contributed by atoms with Crippen LogP contribution in [0, 0.1) is 0 Å². The van der Waals surface area contributed by atoms with E-state index in [1.807, 2.05) is 47.8 Å². The molecule has 4 aromatic rings. The molecule has 32 heavy (non-hydrogen) atoms. The molecule has 0 aliphatic rings. The number of nitrogens with zero attached hydrogens (tertiary/aromatic N) is 3. The molecule has 0 radical (unpaired) electrons. The van der Waals surface area contributed by atoms with E-state index >= 15 is 0 Å². The Kier molecular flexibility index (Phi) is 6.55. The van der Waals surface area contributed by atoms with Crippen LogP contribution in [-0.2, 0) is 9.53 Å². The van der Waals surface area contributed by atoms with Crippen molar-refractivity contribution in [3.05, 3.63) is 81.9 Å². The molecule has 4 rings (SSSR count). The van der Waals surface area contributed by atoms with Crippen LogP contribution in [0.2, 0.25) is 10.0 Å². The average molecular weight is 487 g/mol. The zero-order chi connectivity index (χ0) is 22.7. The van der Waals surface area contributed by atoms with E-state index in [0.717, 1.165) is 4.88 Å². The van der Waals surface area contributed by atoms with E-state index in [0.29, 0.717) is 16.4 Å². The summed E-state index contributed by atoms with van der Waals surface area (Å²) in [4.78, 5) is 30.4. The van der Waals surface area contributed by atoms with Crippen molar-refractivity contribution in [3.8, 4) is 16.3 Å². The molecule has 0 fully saturated rings. The number of esters is 1. The number of halogens is 2. The lowest BCUT2D eigenvalue weighted by atomic mass is 10.3. The third-order valence-electron chi connectivity index (χ3n) is 4.40. The second-order valence-electron chi connectivity index (χ2n) is 6.66. The zero-order valence-corrected chi connectivity index (χ0v) is 19.0. The van der Waals surface area contributed by atoms with Crippen molar-refractivity contribution in [2.24, 2.45) is 0 Å². The van der Waals surface area contributed by atoms with E-state index in [9.17, 15) is 9.59 Å². The number of carbonyl (C=O) groups excluding carboxylic acids is 2. The molecular weight excluding hydrogens is 471 g/mol. The van der Waals surface area contributed by atoms with Gasteiger partial charge in [0.05, 0.1) is 20.6 Å². The first-order valence-electron chi connectivity index (χ1n) is 9.44. The van der Waals surface area contributed by atoms with E-state index < -0.39 is 18.0 Å². The Balaban J connectivity index is 1.56. The molecule has 0 spiro atoms. The van der Waals surface area contributed by atoms with Gasteiger partial charge in [-0.2, -0.15) is 5.10 Å². The second kappa shape index (κ2) is 9.52.